The molecule has 2 fully saturated rings. The number of ether oxygens (including phenoxy) is 2. The molecule has 4 rings (SSSR count). The molecule has 1 N–H and O–H groups in total. The Morgan fingerprint density at radius 3 is 2.65 bits per heavy atom. The fourth-order valence-corrected chi connectivity index (χ4v) is 4.74. The lowest BCUT2D eigenvalue weighted by Gasteiger charge is -2.33. The second kappa shape index (κ2) is 9.63. The van der Waals surface area contributed by atoms with Gasteiger partial charge in [-0.25, -0.2) is 0 Å². The molecule has 11 heteroatoms. The van der Waals surface area contributed by atoms with Crippen molar-refractivity contribution in [2.45, 2.75) is 49.4 Å². The number of rotatable bonds is 6. The molecule has 182 valence electrons. The highest BCUT2D eigenvalue weighted by Gasteiger charge is 2.50. The number of halogens is 4. The van der Waals surface area contributed by atoms with Crippen LogP contribution in [0.4, 0.5) is 13.2 Å². The zero-order chi connectivity index (χ0) is 24.5. The second-order valence-electron chi connectivity index (χ2n) is 8.37. The smallest absolute Gasteiger partial charge is 0.368 e. The van der Waals surface area contributed by atoms with Crippen LogP contribution in [0.3, 0.4) is 0 Å². The highest BCUT2D eigenvalue weighted by atomic mass is 79.9. The lowest BCUT2D eigenvalue weighted by Crippen LogP contribution is -2.58. The van der Waals surface area contributed by atoms with Crippen molar-refractivity contribution in [1.82, 2.24) is 10.2 Å². The van der Waals surface area contributed by atoms with Gasteiger partial charge in [0, 0.05) is 23.9 Å². The number of hydrogen-bond acceptors (Lipinski definition) is 5. The third-order valence-electron chi connectivity index (χ3n) is 6.07. The molecule has 0 bridgehead atoms. The van der Waals surface area contributed by atoms with Crippen LogP contribution in [-0.4, -0.2) is 65.8 Å². The number of carbonyl (C=O) groups is 3. The Morgan fingerprint density at radius 1 is 1.26 bits per heavy atom. The van der Waals surface area contributed by atoms with Crippen molar-refractivity contribution in [2.24, 2.45) is 0 Å². The second-order valence-corrected chi connectivity index (χ2v) is 9.28. The molecule has 2 aliphatic heterocycles. The number of nitrogens with one attached hydrogen (secondary N) is 1. The number of Topliss-reactive ketones (excluding diaryl/α,β-unsaturated/α-hetero) is 1. The van der Waals surface area contributed by atoms with Crippen molar-refractivity contribution in [3.8, 4) is 0 Å². The quantitative estimate of drug-likeness (QED) is 0.597. The maximum Gasteiger partial charge on any atom is 0.523 e. The minimum absolute atomic E-state index is 0.0163. The highest BCUT2D eigenvalue weighted by molar-refractivity contribution is 9.10. The monoisotopic (exact) mass is 542 g/mol. The van der Waals surface area contributed by atoms with Crippen LogP contribution in [0.1, 0.15) is 18.4 Å². The maximum atomic E-state index is 13.5. The van der Waals surface area contributed by atoms with E-state index in [0.717, 1.165) is 10.5 Å². The largest absolute Gasteiger partial charge is 0.523 e. The van der Waals surface area contributed by atoms with E-state index >= 15 is 0 Å². The van der Waals surface area contributed by atoms with Gasteiger partial charge in [-0.15, -0.1) is 13.2 Å². The number of benzene rings is 1. The first kappa shape index (κ1) is 24.6. The molecule has 0 spiro atoms. The van der Waals surface area contributed by atoms with Gasteiger partial charge in [0.15, 0.2) is 11.4 Å². The van der Waals surface area contributed by atoms with Crippen molar-refractivity contribution < 1.29 is 37.0 Å². The average molecular weight is 543 g/mol. The van der Waals surface area contributed by atoms with Crippen molar-refractivity contribution in [3.05, 3.63) is 58.6 Å². The number of amides is 2. The van der Waals surface area contributed by atoms with Crippen LogP contribution in [-0.2, 0) is 30.3 Å². The summed E-state index contributed by atoms with van der Waals surface area (Å²) in [5.41, 5.74) is -1.66. The predicted octanol–water partition coefficient (Wildman–Crippen LogP) is 2.84. The van der Waals surface area contributed by atoms with E-state index in [4.69, 9.17) is 4.74 Å². The molecule has 2 saturated heterocycles. The first-order chi connectivity index (χ1) is 16.1. The molecule has 7 nitrogen and oxygen atoms in total. The average Bonchev–Trinajstić information content (AvgIpc) is 3.36. The molecule has 0 aromatic heterocycles. The predicted molar refractivity (Wildman–Crippen MR) is 117 cm³/mol. The van der Waals surface area contributed by atoms with E-state index in [1.54, 1.807) is 24.3 Å². The van der Waals surface area contributed by atoms with Gasteiger partial charge in [0.1, 0.15) is 18.7 Å². The lowest BCUT2D eigenvalue weighted by molar-refractivity contribution is -0.351. The van der Waals surface area contributed by atoms with Crippen LogP contribution < -0.4 is 5.32 Å². The Bertz CT molecular complexity index is 1030. The van der Waals surface area contributed by atoms with E-state index in [1.165, 1.54) is 23.1 Å². The summed E-state index contributed by atoms with van der Waals surface area (Å²) in [7, 11) is 0. The van der Waals surface area contributed by atoms with Gasteiger partial charge in [0.25, 0.3) is 5.91 Å². The molecule has 4 unspecified atom stereocenters. The standard InChI is InChI=1S/C23H22BrF3N2O5/c24-15-6-4-14(5-7-15)12-16(20(31)29-11-8-18-19(29)17(30)13-33-18)28-21(32)22(34-23(25,26)27)9-2-1-3-10-22/h1-7,9,16,18-19H,8,10-13H2,(H,28,32). The number of allylic oxidation sites excluding steroid dienone is 2. The molecule has 34 heavy (non-hydrogen) atoms. The minimum Gasteiger partial charge on any atom is -0.368 e. The Hall–Kier alpha value is -2.50. The molecule has 0 radical (unpaired) electrons. The first-order valence-electron chi connectivity index (χ1n) is 10.7. The summed E-state index contributed by atoms with van der Waals surface area (Å²) in [6.45, 7) is 0.155. The van der Waals surface area contributed by atoms with Crippen LogP contribution in [0.25, 0.3) is 0 Å². The Morgan fingerprint density at radius 2 is 2.00 bits per heavy atom. The van der Waals surface area contributed by atoms with E-state index in [1.807, 2.05) is 0 Å². The number of ketones is 1. The Labute approximate surface area is 202 Å². The van der Waals surface area contributed by atoms with Gasteiger partial charge in [-0.2, -0.15) is 0 Å². The summed E-state index contributed by atoms with van der Waals surface area (Å²) in [6, 6.07) is 5.00. The van der Waals surface area contributed by atoms with Gasteiger partial charge in [-0.05, 0) is 30.2 Å². The summed E-state index contributed by atoms with van der Waals surface area (Å²) in [5.74, 6) is -1.88. The number of alkyl halides is 3. The van der Waals surface area contributed by atoms with Crippen molar-refractivity contribution in [2.75, 3.05) is 13.2 Å². The minimum atomic E-state index is -5.08. The number of nitrogens with zero attached hydrogens (tertiary/aromatic N) is 1. The van der Waals surface area contributed by atoms with E-state index in [2.05, 4.69) is 26.0 Å². The number of carbonyl (C=O) groups excluding carboxylic acids is 3. The third-order valence-corrected chi connectivity index (χ3v) is 6.60. The van der Waals surface area contributed by atoms with E-state index < -0.39 is 42.0 Å². The maximum absolute atomic E-state index is 13.5. The molecule has 3 aliphatic rings. The van der Waals surface area contributed by atoms with Crippen LogP contribution >= 0.6 is 15.9 Å². The fraction of sp³-hybridized carbons (Fsp3) is 0.435. The van der Waals surface area contributed by atoms with Gasteiger partial charge < -0.3 is 15.0 Å². The molecule has 2 amide bonds. The summed E-state index contributed by atoms with van der Waals surface area (Å²) in [5, 5.41) is 2.48. The normalized spacial score (nSPS) is 27.1. The summed E-state index contributed by atoms with van der Waals surface area (Å²) >= 11 is 3.33. The van der Waals surface area contributed by atoms with Crippen LogP contribution in [0.2, 0.25) is 0 Å². The molecule has 0 saturated carbocycles. The van der Waals surface area contributed by atoms with Crippen molar-refractivity contribution >= 4 is 33.5 Å². The molecule has 1 aliphatic carbocycles. The van der Waals surface area contributed by atoms with E-state index in [0.29, 0.717) is 12.0 Å². The van der Waals surface area contributed by atoms with Crippen LogP contribution in [0.5, 0.6) is 0 Å². The van der Waals surface area contributed by atoms with Crippen LogP contribution in [0.15, 0.2) is 53.0 Å². The zero-order valence-corrected chi connectivity index (χ0v) is 19.5. The third kappa shape index (κ3) is 5.26. The number of fused-ring (bicyclic) bond motifs is 1. The molecule has 2 heterocycles. The highest BCUT2D eigenvalue weighted by Crippen LogP contribution is 2.32. The SMILES string of the molecule is O=C1COC2CCN(C(=O)C(Cc3ccc(Br)cc3)NC(=O)C3(OC(F)(F)F)C=CC=CC3)C12. The Balaban J connectivity index is 1.61. The van der Waals surface area contributed by atoms with Gasteiger partial charge >= 0.3 is 6.36 Å². The van der Waals surface area contributed by atoms with Gasteiger partial charge in [-0.3, -0.25) is 19.1 Å². The molecular formula is C23H22BrF3N2O5. The topological polar surface area (TPSA) is 84.9 Å². The van der Waals surface area contributed by atoms with Crippen molar-refractivity contribution in [3.63, 3.8) is 0 Å². The Kier molecular flexibility index (Phi) is 6.97. The van der Waals surface area contributed by atoms with E-state index in [9.17, 15) is 27.6 Å². The van der Waals surface area contributed by atoms with E-state index in [-0.39, 0.29) is 31.8 Å². The number of likely N-dealkylation sites (tertiary alicyclic amines) is 1. The zero-order valence-electron chi connectivity index (χ0n) is 17.9. The lowest BCUT2D eigenvalue weighted by atomic mass is 9.93. The van der Waals surface area contributed by atoms with Gasteiger partial charge in [0.05, 0.1) is 6.10 Å². The summed E-state index contributed by atoms with van der Waals surface area (Å²) < 4.78 is 50.0. The van der Waals surface area contributed by atoms with Gasteiger partial charge in [0.2, 0.25) is 5.91 Å². The van der Waals surface area contributed by atoms with Crippen molar-refractivity contribution in [1.29, 1.82) is 0 Å². The molecule has 1 aromatic rings. The fourth-order valence-electron chi connectivity index (χ4n) is 4.48. The summed E-state index contributed by atoms with van der Waals surface area (Å²) in [6.07, 6.45) is -0.146. The molecule has 1 aromatic carbocycles. The van der Waals surface area contributed by atoms with Gasteiger partial charge in [-0.1, -0.05) is 46.3 Å². The van der Waals surface area contributed by atoms with Crippen LogP contribution in [0, 0.1) is 0 Å². The summed E-state index contributed by atoms with van der Waals surface area (Å²) in [4.78, 5) is 40.3. The first-order valence-corrected chi connectivity index (χ1v) is 11.5. The number of hydrogen-bond donors (Lipinski definition) is 1. The molecule has 4 atom stereocenters. The molecular weight excluding hydrogens is 521 g/mol.